The molecule has 0 radical (unpaired) electrons. The van der Waals surface area contributed by atoms with E-state index in [1.807, 2.05) is 6.20 Å². The third-order valence-electron chi connectivity index (χ3n) is 2.44. The van der Waals surface area contributed by atoms with Crippen LogP contribution in [0.2, 0.25) is 0 Å². The van der Waals surface area contributed by atoms with Crippen LogP contribution in [0.4, 0.5) is 0 Å². The molecule has 0 aromatic carbocycles. The fourth-order valence-corrected chi connectivity index (χ4v) is 2.36. The molecule has 0 amide bonds. The Labute approximate surface area is 94.4 Å². The summed E-state index contributed by atoms with van der Waals surface area (Å²) in [6, 6.07) is 2.17. The van der Waals surface area contributed by atoms with Crippen molar-refractivity contribution in [2.24, 2.45) is 0 Å². The van der Waals surface area contributed by atoms with E-state index in [0.29, 0.717) is 11.8 Å². The van der Waals surface area contributed by atoms with Gasteiger partial charge in [0.05, 0.1) is 11.9 Å². The summed E-state index contributed by atoms with van der Waals surface area (Å²) in [5.74, 6) is 1.01. The van der Waals surface area contributed by atoms with E-state index >= 15 is 0 Å². The van der Waals surface area contributed by atoms with Gasteiger partial charge in [0.1, 0.15) is 10.3 Å². The highest BCUT2D eigenvalue weighted by Gasteiger charge is 2.09. The van der Waals surface area contributed by atoms with Crippen LogP contribution in [0.3, 0.4) is 0 Å². The summed E-state index contributed by atoms with van der Waals surface area (Å²) in [5, 5.41) is 0. The lowest BCUT2D eigenvalue weighted by atomic mass is 10.1. The number of nitrogens with zero attached hydrogens (tertiary/aromatic N) is 2. The molecular formula is C12H16N2S. The fourth-order valence-electron chi connectivity index (χ4n) is 1.42. The lowest BCUT2D eigenvalue weighted by Gasteiger charge is -2.01. The van der Waals surface area contributed by atoms with Gasteiger partial charge in [-0.15, -0.1) is 11.3 Å². The molecule has 0 spiro atoms. The van der Waals surface area contributed by atoms with E-state index in [4.69, 9.17) is 0 Å². The largest absolute Gasteiger partial charge is 0.248 e. The van der Waals surface area contributed by atoms with Crippen LogP contribution in [-0.4, -0.2) is 9.97 Å². The van der Waals surface area contributed by atoms with Gasteiger partial charge < -0.3 is 0 Å². The van der Waals surface area contributed by atoms with E-state index in [-0.39, 0.29) is 0 Å². The zero-order valence-electron chi connectivity index (χ0n) is 9.61. The lowest BCUT2D eigenvalue weighted by molar-refractivity contribution is 0.822. The number of hydrogen-bond donors (Lipinski definition) is 0. The highest BCUT2D eigenvalue weighted by atomic mass is 32.1. The van der Waals surface area contributed by atoms with Gasteiger partial charge >= 0.3 is 0 Å². The van der Waals surface area contributed by atoms with Gasteiger partial charge in [-0.2, -0.15) is 0 Å². The van der Waals surface area contributed by atoms with Crippen LogP contribution in [0.15, 0.2) is 12.3 Å². The Balaban J connectivity index is 2.52. The van der Waals surface area contributed by atoms with Crippen molar-refractivity contribution in [1.29, 1.82) is 0 Å². The Morgan fingerprint density at radius 2 is 1.87 bits per heavy atom. The van der Waals surface area contributed by atoms with Crippen LogP contribution in [0.25, 0.3) is 10.3 Å². The lowest BCUT2D eigenvalue weighted by Crippen LogP contribution is -1.92. The molecule has 0 N–H and O–H groups in total. The molecule has 0 aliphatic heterocycles. The molecule has 0 fully saturated rings. The third-order valence-corrected chi connectivity index (χ3v) is 3.77. The minimum atomic E-state index is 0.448. The second-order valence-electron chi connectivity index (χ2n) is 4.44. The molecule has 2 nitrogen and oxygen atoms in total. The Morgan fingerprint density at radius 3 is 2.47 bits per heavy atom. The maximum Gasteiger partial charge on any atom is 0.142 e. The molecule has 2 aromatic rings. The number of fused-ring (bicyclic) bond motifs is 1. The second kappa shape index (κ2) is 3.89. The zero-order chi connectivity index (χ0) is 11.0. The molecule has 0 saturated heterocycles. The average Bonchev–Trinajstić information content (AvgIpc) is 2.59. The van der Waals surface area contributed by atoms with E-state index in [2.05, 4.69) is 43.7 Å². The Kier molecular flexibility index (Phi) is 2.74. The highest BCUT2D eigenvalue weighted by Crippen LogP contribution is 2.28. The van der Waals surface area contributed by atoms with Gasteiger partial charge in [0.25, 0.3) is 0 Å². The summed E-state index contributed by atoms with van der Waals surface area (Å²) in [4.78, 5) is 11.5. The number of rotatable bonds is 2. The fraction of sp³-hybridized carbons (Fsp3) is 0.500. The first-order valence-electron chi connectivity index (χ1n) is 5.34. The average molecular weight is 220 g/mol. The van der Waals surface area contributed by atoms with Gasteiger partial charge in [-0.05, 0) is 17.9 Å². The molecule has 0 atom stereocenters. The highest BCUT2D eigenvalue weighted by molar-refractivity contribution is 7.18. The van der Waals surface area contributed by atoms with Crippen molar-refractivity contribution in [3.8, 4) is 0 Å². The van der Waals surface area contributed by atoms with Crippen molar-refractivity contribution in [1.82, 2.24) is 9.97 Å². The van der Waals surface area contributed by atoms with Crippen molar-refractivity contribution in [3.63, 3.8) is 0 Å². The molecular weight excluding hydrogens is 204 g/mol. The van der Waals surface area contributed by atoms with Crippen LogP contribution in [0.1, 0.15) is 50.1 Å². The minimum absolute atomic E-state index is 0.448. The first-order valence-corrected chi connectivity index (χ1v) is 6.16. The molecule has 3 heteroatoms. The molecule has 0 aliphatic rings. The standard InChI is InChI=1S/C12H16N2S/c1-7(2)10-6-13-12-9(14-10)5-11(15-12)8(3)4/h5-8H,1-4H3. The molecule has 0 saturated carbocycles. The van der Waals surface area contributed by atoms with Crippen LogP contribution < -0.4 is 0 Å². The molecule has 0 unspecified atom stereocenters. The molecule has 0 bridgehead atoms. The van der Waals surface area contributed by atoms with Crippen LogP contribution in [0, 0.1) is 0 Å². The van der Waals surface area contributed by atoms with E-state index in [9.17, 15) is 0 Å². The van der Waals surface area contributed by atoms with Crippen LogP contribution >= 0.6 is 11.3 Å². The van der Waals surface area contributed by atoms with Gasteiger partial charge in [0.2, 0.25) is 0 Å². The summed E-state index contributed by atoms with van der Waals surface area (Å²) in [5.41, 5.74) is 2.13. The van der Waals surface area contributed by atoms with Gasteiger partial charge in [0, 0.05) is 4.88 Å². The van der Waals surface area contributed by atoms with Crippen molar-refractivity contribution in [3.05, 3.63) is 22.8 Å². The monoisotopic (exact) mass is 220 g/mol. The molecule has 0 aliphatic carbocycles. The number of hydrogen-bond acceptors (Lipinski definition) is 3. The SMILES string of the molecule is CC(C)c1cnc2sc(C(C)C)cc2n1. The van der Waals surface area contributed by atoms with Gasteiger partial charge in [-0.3, -0.25) is 0 Å². The van der Waals surface area contributed by atoms with Gasteiger partial charge in [-0.1, -0.05) is 27.7 Å². The zero-order valence-corrected chi connectivity index (χ0v) is 10.4. The minimum Gasteiger partial charge on any atom is -0.248 e. The second-order valence-corrected chi connectivity index (χ2v) is 5.51. The van der Waals surface area contributed by atoms with Gasteiger partial charge in [0.15, 0.2) is 0 Å². The summed E-state index contributed by atoms with van der Waals surface area (Å²) >= 11 is 1.75. The molecule has 2 heterocycles. The first kappa shape index (κ1) is 10.6. The molecule has 2 rings (SSSR count). The van der Waals surface area contributed by atoms with Crippen molar-refractivity contribution in [2.75, 3.05) is 0 Å². The van der Waals surface area contributed by atoms with Crippen LogP contribution in [0.5, 0.6) is 0 Å². The maximum atomic E-state index is 4.63. The number of thiophene rings is 1. The number of aromatic nitrogens is 2. The van der Waals surface area contributed by atoms with Crippen molar-refractivity contribution >= 4 is 21.7 Å². The van der Waals surface area contributed by atoms with E-state index in [0.717, 1.165) is 16.0 Å². The Morgan fingerprint density at radius 1 is 1.13 bits per heavy atom. The smallest absolute Gasteiger partial charge is 0.142 e. The maximum absolute atomic E-state index is 4.63. The van der Waals surface area contributed by atoms with E-state index < -0.39 is 0 Å². The van der Waals surface area contributed by atoms with Crippen molar-refractivity contribution < 1.29 is 0 Å². The van der Waals surface area contributed by atoms with E-state index in [1.54, 1.807) is 11.3 Å². The predicted octanol–water partition coefficient (Wildman–Crippen LogP) is 3.94. The summed E-state index contributed by atoms with van der Waals surface area (Å²) < 4.78 is 0. The summed E-state index contributed by atoms with van der Waals surface area (Å²) in [6.45, 7) is 8.69. The van der Waals surface area contributed by atoms with Crippen LogP contribution in [-0.2, 0) is 0 Å². The van der Waals surface area contributed by atoms with Gasteiger partial charge in [-0.25, -0.2) is 9.97 Å². The molecule has 2 aromatic heterocycles. The summed E-state index contributed by atoms with van der Waals surface area (Å²) in [7, 11) is 0. The quantitative estimate of drug-likeness (QED) is 0.766. The summed E-state index contributed by atoms with van der Waals surface area (Å²) in [6.07, 6.45) is 1.90. The predicted molar refractivity (Wildman–Crippen MR) is 65.6 cm³/mol. The third kappa shape index (κ3) is 2.02. The molecule has 80 valence electrons. The normalized spacial score (nSPS) is 11.9. The topological polar surface area (TPSA) is 25.8 Å². The van der Waals surface area contributed by atoms with E-state index in [1.165, 1.54) is 4.88 Å². The Bertz CT molecular complexity index is 465. The van der Waals surface area contributed by atoms with Crippen molar-refractivity contribution in [2.45, 2.75) is 39.5 Å². The Hall–Kier alpha value is -0.960. The molecule has 15 heavy (non-hydrogen) atoms. The first-order chi connectivity index (χ1) is 7.08.